The summed E-state index contributed by atoms with van der Waals surface area (Å²) >= 11 is 2.11. The average molecular weight is 387 g/mol. The number of nitrogens with zero attached hydrogens (tertiary/aromatic N) is 1. The molecular formula is C14H14INO4. The third-order valence-electron chi connectivity index (χ3n) is 3.21. The van der Waals surface area contributed by atoms with E-state index in [0.717, 1.165) is 3.57 Å². The van der Waals surface area contributed by atoms with Gasteiger partial charge >= 0.3 is 5.97 Å². The number of carbonyl (C=O) groups is 3. The zero-order valence-corrected chi connectivity index (χ0v) is 12.9. The molecule has 20 heavy (non-hydrogen) atoms. The van der Waals surface area contributed by atoms with Crippen LogP contribution < -0.4 is 0 Å². The van der Waals surface area contributed by atoms with Gasteiger partial charge < -0.3 is 5.11 Å². The molecule has 0 radical (unpaired) electrons. The smallest absolute Gasteiger partial charge is 0.303 e. The molecule has 0 fully saturated rings. The molecule has 0 saturated heterocycles. The number of carboxylic acid groups (broad SMARTS) is 1. The number of amides is 2. The van der Waals surface area contributed by atoms with Crippen LogP contribution in [0.1, 0.15) is 46.4 Å². The number of hydrogen-bond acceptors (Lipinski definition) is 3. The number of benzene rings is 1. The van der Waals surface area contributed by atoms with Crippen LogP contribution in [0, 0.1) is 3.57 Å². The lowest BCUT2D eigenvalue weighted by molar-refractivity contribution is -0.137. The van der Waals surface area contributed by atoms with Crippen LogP contribution in [0.2, 0.25) is 0 Å². The summed E-state index contributed by atoms with van der Waals surface area (Å²) in [5.41, 5.74) is 0.924. The third-order valence-corrected chi connectivity index (χ3v) is 3.88. The Balaban J connectivity index is 1.93. The second-order valence-corrected chi connectivity index (χ2v) is 5.90. The van der Waals surface area contributed by atoms with Gasteiger partial charge in [0.05, 0.1) is 11.1 Å². The van der Waals surface area contributed by atoms with Gasteiger partial charge in [-0.1, -0.05) is 6.42 Å². The number of halogens is 1. The van der Waals surface area contributed by atoms with Crippen molar-refractivity contribution in [2.45, 2.75) is 25.7 Å². The highest BCUT2D eigenvalue weighted by atomic mass is 127. The molecule has 1 aromatic carbocycles. The molecule has 1 N–H and O–H groups in total. The topological polar surface area (TPSA) is 74.7 Å². The van der Waals surface area contributed by atoms with Crippen LogP contribution in [0.5, 0.6) is 0 Å². The van der Waals surface area contributed by atoms with Crippen LogP contribution in [0.15, 0.2) is 18.2 Å². The molecule has 6 heteroatoms. The van der Waals surface area contributed by atoms with Crippen molar-refractivity contribution >= 4 is 40.4 Å². The van der Waals surface area contributed by atoms with Crippen molar-refractivity contribution in [2.75, 3.05) is 6.54 Å². The van der Waals surface area contributed by atoms with Crippen molar-refractivity contribution in [3.05, 3.63) is 32.9 Å². The number of aliphatic carboxylic acids is 1. The number of carboxylic acids is 1. The highest BCUT2D eigenvalue weighted by Gasteiger charge is 2.34. The molecule has 2 rings (SSSR count). The van der Waals surface area contributed by atoms with Gasteiger partial charge in [0.15, 0.2) is 0 Å². The predicted octanol–water partition coefficient (Wildman–Crippen LogP) is 2.53. The molecule has 1 heterocycles. The first-order valence-electron chi connectivity index (χ1n) is 6.38. The molecule has 106 valence electrons. The fourth-order valence-electron chi connectivity index (χ4n) is 2.19. The lowest BCUT2D eigenvalue weighted by atomic mass is 10.1. The van der Waals surface area contributed by atoms with Crippen LogP contribution >= 0.6 is 22.6 Å². The van der Waals surface area contributed by atoms with Crippen LogP contribution in [-0.4, -0.2) is 34.3 Å². The van der Waals surface area contributed by atoms with Gasteiger partial charge in [-0.05, 0) is 53.6 Å². The Morgan fingerprint density at radius 1 is 1.10 bits per heavy atom. The molecule has 0 aliphatic carbocycles. The molecule has 1 aromatic rings. The van der Waals surface area contributed by atoms with E-state index in [1.54, 1.807) is 18.2 Å². The molecule has 0 spiro atoms. The number of fused-ring (bicyclic) bond motifs is 1. The second-order valence-electron chi connectivity index (χ2n) is 4.66. The van der Waals surface area contributed by atoms with E-state index in [4.69, 9.17) is 5.11 Å². The zero-order valence-electron chi connectivity index (χ0n) is 10.8. The lowest BCUT2D eigenvalue weighted by Gasteiger charge is -2.13. The SMILES string of the molecule is O=C(O)CCCCCN1C(=O)c2ccc(I)cc2C1=O. The molecule has 0 saturated carbocycles. The van der Waals surface area contributed by atoms with E-state index in [1.165, 1.54) is 4.90 Å². The summed E-state index contributed by atoms with van der Waals surface area (Å²) in [5, 5.41) is 8.53. The van der Waals surface area contributed by atoms with Gasteiger partial charge in [0.1, 0.15) is 0 Å². The van der Waals surface area contributed by atoms with Crippen molar-refractivity contribution in [1.82, 2.24) is 4.90 Å². The molecule has 0 atom stereocenters. The number of hydrogen-bond donors (Lipinski definition) is 1. The van der Waals surface area contributed by atoms with Crippen LogP contribution in [0.4, 0.5) is 0 Å². The summed E-state index contributed by atoms with van der Waals surface area (Å²) in [6.07, 6.45) is 2.02. The van der Waals surface area contributed by atoms with Gasteiger partial charge in [0.2, 0.25) is 0 Å². The molecule has 2 amide bonds. The van der Waals surface area contributed by atoms with Gasteiger partial charge in [0, 0.05) is 16.5 Å². The van der Waals surface area contributed by atoms with Gasteiger partial charge in [-0.25, -0.2) is 0 Å². The number of rotatable bonds is 6. The molecule has 0 bridgehead atoms. The van der Waals surface area contributed by atoms with Crippen LogP contribution in [-0.2, 0) is 4.79 Å². The van der Waals surface area contributed by atoms with Crippen LogP contribution in [0.3, 0.4) is 0 Å². The maximum Gasteiger partial charge on any atom is 0.303 e. The van der Waals surface area contributed by atoms with Crippen LogP contribution in [0.25, 0.3) is 0 Å². The quantitative estimate of drug-likeness (QED) is 0.463. The maximum absolute atomic E-state index is 12.1. The van der Waals surface area contributed by atoms with Gasteiger partial charge in [-0.2, -0.15) is 0 Å². The molecule has 5 nitrogen and oxygen atoms in total. The normalized spacial score (nSPS) is 13.8. The Kier molecular flexibility index (Phi) is 4.74. The number of imide groups is 1. The lowest BCUT2D eigenvalue weighted by Crippen LogP contribution is -2.30. The first-order valence-corrected chi connectivity index (χ1v) is 7.46. The standard InChI is InChI=1S/C14H14INO4/c15-9-5-6-10-11(8-9)14(20)16(13(10)19)7-3-1-2-4-12(17)18/h5-6,8H,1-4,7H2,(H,17,18). The minimum Gasteiger partial charge on any atom is -0.481 e. The summed E-state index contributed by atoms with van der Waals surface area (Å²) in [5.74, 6) is -1.32. The third kappa shape index (κ3) is 3.17. The van der Waals surface area contributed by atoms with E-state index in [-0.39, 0.29) is 18.2 Å². The van der Waals surface area contributed by atoms with E-state index < -0.39 is 5.97 Å². The fourth-order valence-corrected chi connectivity index (χ4v) is 2.68. The Morgan fingerprint density at radius 2 is 1.80 bits per heavy atom. The number of unbranched alkanes of at least 4 members (excludes halogenated alkanes) is 2. The molecule has 1 aliphatic rings. The summed E-state index contributed by atoms with van der Waals surface area (Å²) in [4.78, 5) is 35.9. The Bertz CT molecular complexity index is 570. The second kappa shape index (κ2) is 6.34. The van der Waals surface area contributed by atoms with Crippen molar-refractivity contribution in [1.29, 1.82) is 0 Å². The maximum atomic E-state index is 12.1. The summed E-state index contributed by atoms with van der Waals surface area (Å²) < 4.78 is 0.922. The van der Waals surface area contributed by atoms with E-state index >= 15 is 0 Å². The monoisotopic (exact) mass is 387 g/mol. The first kappa shape index (κ1) is 15.0. The van der Waals surface area contributed by atoms with Gasteiger partial charge in [-0.15, -0.1) is 0 Å². The van der Waals surface area contributed by atoms with E-state index in [2.05, 4.69) is 22.6 Å². The van der Waals surface area contributed by atoms with E-state index in [1.807, 2.05) is 0 Å². The average Bonchev–Trinajstić information content (AvgIpc) is 2.62. The Labute approximate surface area is 130 Å². The van der Waals surface area contributed by atoms with Crippen molar-refractivity contribution in [3.63, 3.8) is 0 Å². The minimum atomic E-state index is -0.819. The van der Waals surface area contributed by atoms with Crippen molar-refractivity contribution in [2.24, 2.45) is 0 Å². The van der Waals surface area contributed by atoms with Gasteiger partial charge in [-0.3, -0.25) is 19.3 Å². The molecule has 0 aromatic heterocycles. The Morgan fingerprint density at radius 3 is 2.50 bits per heavy atom. The summed E-state index contributed by atoms with van der Waals surface area (Å²) in [6, 6.07) is 5.21. The first-order chi connectivity index (χ1) is 9.50. The number of carbonyl (C=O) groups excluding carboxylic acids is 2. The van der Waals surface area contributed by atoms with Gasteiger partial charge in [0.25, 0.3) is 11.8 Å². The molecule has 0 unspecified atom stereocenters. The summed E-state index contributed by atoms with van der Waals surface area (Å²) in [6.45, 7) is 0.350. The largest absolute Gasteiger partial charge is 0.481 e. The van der Waals surface area contributed by atoms with Crippen molar-refractivity contribution in [3.8, 4) is 0 Å². The zero-order chi connectivity index (χ0) is 14.7. The Hall–Kier alpha value is -1.44. The van der Waals surface area contributed by atoms with Crippen molar-refractivity contribution < 1.29 is 19.5 Å². The molecule has 1 aliphatic heterocycles. The summed E-state index contributed by atoms with van der Waals surface area (Å²) in [7, 11) is 0. The minimum absolute atomic E-state index is 0.125. The highest BCUT2D eigenvalue weighted by molar-refractivity contribution is 14.1. The molecular weight excluding hydrogens is 373 g/mol. The van der Waals surface area contributed by atoms with E-state index in [0.29, 0.717) is 36.9 Å². The van der Waals surface area contributed by atoms with E-state index in [9.17, 15) is 14.4 Å². The predicted molar refractivity (Wildman–Crippen MR) is 80.6 cm³/mol. The fraction of sp³-hybridized carbons (Fsp3) is 0.357. The highest BCUT2D eigenvalue weighted by Crippen LogP contribution is 2.25.